The standard InChI is InChI=1S/C16H19N3O3/c1-10-4-2-5-11-15(10)18-13(17-11)7-8-14(20)19-9-3-6-12(19)16(21)22/h2,4-5,12H,3,6-9H2,1H3,(H,17,18)(H,21,22)/t12-/m1/s1. The first-order valence-corrected chi connectivity index (χ1v) is 7.53. The summed E-state index contributed by atoms with van der Waals surface area (Å²) in [6.45, 7) is 2.54. The highest BCUT2D eigenvalue weighted by Crippen LogP contribution is 2.20. The van der Waals surface area contributed by atoms with E-state index in [1.807, 2.05) is 25.1 Å². The number of carboxylic acids is 1. The first-order chi connectivity index (χ1) is 10.6. The van der Waals surface area contributed by atoms with E-state index in [1.54, 1.807) is 0 Å². The lowest BCUT2D eigenvalue weighted by Gasteiger charge is -2.21. The molecule has 6 nitrogen and oxygen atoms in total. The lowest BCUT2D eigenvalue weighted by molar-refractivity contribution is -0.148. The molecule has 1 amide bonds. The van der Waals surface area contributed by atoms with Gasteiger partial charge in [-0.1, -0.05) is 12.1 Å². The van der Waals surface area contributed by atoms with E-state index in [-0.39, 0.29) is 12.3 Å². The number of amides is 1. The number of carbonyl (C=O) groups excluding carboxylic acids is 1. The minimum atomic E-state index is -0.912. The number of H-pyrrole nitrogens is 1. The van der Waals surface area contributed by atoms with E-state index in [0.717, 1.165) is 28.8 Å². The second-order valence-corrected chi connectivity index (χ2v) is 5.74. The van der Waals surface area contributed by atoms with E-state index in [0.29, 0.717) is 19.4 Å². The van der Waals surface area contributed by atoms with Crippen LogP contribution in [0.1, 0.15) is 30.7 Å². The molecular formula is C16H19N3O3. The summed E-state index contributed by atoms with van der Waals surface area (Å²) in [5, 5.41) is 9.13. The Morgan fingerprint density at radius 1 is 1.45 bits per heavy atom. The lowest BCUT2D eigenvalue weighted by atomic mass is 10.2. The lowest BCUT2D eigenvalue weighted by Crippen LogP contribution is -2.40. The van der Waals surface area contributed by atoms with Crippen LogP contribution in [0.5, 0.6) is 0 Å². The van der Waals surface area contributed by atoms with Crippen LogP contribution in [0, 0.1) is 6.92 Å². The molecule has 0 unspecified atom stereocenters. The van der Waals surface area contributed by atoms with Gasteiger partial charge >= 0.3 is 5.97 Å². The number of aliphatic carboxylic acids is 1. The first kappa shape index (κ1) is 14.6. The number of fused-ring (bicyclic) bond motifs is 1. The van der Waals surface area contributed by atoms with Gasteiger partial charge in [-0.2, -0.15) is 0 Å². The van der Waals surface area contributed by atoms with Gasteiger partial charge in [0.05, 0.1) is 11.0 Å². The molecule has 1 aliphatic heterocycles. The molecule has 2 heterocycles. The summed E-state index contributed by atoms with van der Waals surface area (Å²) in [5.41, 5.74) is 2.98. The average molecular weight is 301 g/mol. The minimum absolute atomic E-state index is 0.109. The Morgan fingerprint density at radius 3 is 3.00 bits per heavy atom. The van der Waals surface area contributed by atoms with E-state index in [1.165, 1.54) is 4.90 Å². The third kappa shape index (κ3) is 2.68. The van der Waals surface area contributed by atoms with Gasteiger partial charge in [0.15, 0.2) is 0 Å². The van der Waals surface area contributed by atoms with Gasteiger partial charge in [0.2, 0.25) is 5.91 Å². The molecule has 116 valence electrons. The van der Waals surface area contributed by atoms with Crippen LogP contribution in [0.2, 0.25) is 0 Å². The van der Waals surface area contributed by atoms with E-state index in [4.69, 9.17) is 5.11 Å². The van der Waals surface area contributed by atoms with Crippen molar-refractivity contribution in [2.45, 2.75) is 38.6 Å². The number of aromatic amines is 1. The Kier molecular flexibility index (Phi) is 3.83. The number of hydrogen-bond acceptors (Lipinski definition) is 3. The number of aromatic nitrogens is 2. The van der Waals surface area contributed by atoms with Crippen LogP contribution in [-0.4, -0.2) is 44.4 Å². The van der Waals surface area contributed by atoms with Crippen LogP contribution in [0.4, 0.5) is 0 Å². The Balaban J connectivity index is 1.67. The number of likely N-dealkylation sites (tertiary alicyclic amines) is 1. The molecule has 6 heteroatoms. The number of nitrogens with zero attached hydrogens (tertiary/aromatic N) is 2. The molecule has 3 rings (SSSR count). The van der Waals surface area contributed by atoms with E-state index in [9.17, 15) is 9.59 Å². The van der Waals surface area contributed by atoms with Crippen molar-refractivity contribution in [1.29, 1.82) is 0 Å². The number of hydrogen-bond donors (Lipinski definition) is 2. The minimum Gasteiger partial charge on any atom is -0.480 e. The largest absolute Gasteiger partial charge is 0.480 e. The first-order valence-electron chi connectivity index (χ1n) is 7.53. The zero-order valence-corrected chi connectivity index (χ0v) is 12.5. The molecule has 1 aromatic heterocycles. The monoisotopic (exact) mass is 301 g/mol. The number of benzene rings is 1. The fraction of sp³-hybridized carbons (Fsp3) is 0.438. The van der Waals surface area contributed by atoms with Crippen molar-refractivity contribution in [3.63, 3.8) is 0 Å². The molecule has 0 bridgehead atoms. The van der Waals surface area contributed by atoms with Crippen LogP contribution in [0.3, 0.4) is 0 Å². The molecule has 2 aromatic rings. The summed E-state index contributed by atoms with van der Waals surface area (Å²) in [7, 11) is 0. The van der Waals surface area contributed by atoms with Crippen molar-refractivity contribution in [2.24, 2.45) is 0 Å². The van der Waals surface area contributed by atoms with Gasteiger partial charge in [0, 0.05) is 19.4 Å². The van der Waals surface area contributed by atoms with E-state index >= 15 is 0 Å². The van der Waals surface area contributed by atoms with Crippen molar-refractivity contribution in [2.75, 3.05) is 6.54 Å². The molecule has 1 atom stereocenters. The third-order valence-corrected chi connectivity index (χ3v) is 4.20. The number of carbonyl (C=O) groups is 2. The van der Waals surface area contributed by atoms with Crippen molar-refractivity contribution < 1.29 is 14.7 Å². The molecule has 1 fully saturated rings. The van der Waals surface area contributed by atoms with Gasteiger partial charge in [-0.05, 0) is 31.4 Å². The highest BCUT2D eigenvalue weighted by atomic mass is 16.4. The van der Waals surface area contributed by atoms with E-state index < -0.39 is 12.0 Å². The third-order valence-electron chi connectivity index (χ3n) is 4.20. The molecule has 0 spiro atoms. The number of imidazole rings is 1. The van der Waals surface area contributed by atoms with Gasteiger partial charge in [-0.15, -0.1) is 0 Å². The van der Waals surface area contributed by atoms with Crippen molar-refractivity contribution in [3.05, 3.63) is 29.6 Å². The summed E-state index contributed by atoms with van der Waals surface area (Å²) >= 11 is 0. The van der Waals surface area contributed by atoms with Crippen LogP contribution < -0.4 is 0 Å². The molecule has 0 radical (unpaired) electrons. The summed E-state index contributed by atoms with van der Waals surface area (Å²) < 4.78 is 0. The molecule has 22 heavy (non-hydrogen) atoms. The average Bonchev–Trinajstić information content (AvgIpc) is 3.12. The van der Waals surface area contributed by atoms with Crippen molar-refractivity contribution >= 4 is 22.9 Å². The fourth-order valence-electron chi connectivity index (χ4n) is 3.04. The second-order valence-electron chi connectivity index (χ2n) is 5.74. The van der Waals surface area contributed by atoms with Crippen molar-refractivity contribution in [1.82, 2.24) is 14.9 Å². The molecule has 2 N–H and O–H groups in total. The molecule has 1 saturated heterocycles. The predicted molar refractivity (Wildman–Crippen MR) is 81.5 cm³/mol. The van der Waals surface area contributed by atoms with Gasteiger partial charge in [-0.3, -0.25) is 4.79 Å². The number of carboxylic acid groups (broad SMARTS) is 1. The summed E-state index contributed by atoms with van der Waals surface area (Å²) in [6, 6.07) is 5.26. The zero-order valence-electron chi connectivity index (χ0n) is 12.5. The SMILES string of the molecule is Cc1cccc2[nH]c(CCC(=O)N3CCC[C@@H]3C(=O)O)nc12. The zero-order chi connectivity index (χ0) is 15.7. The van der Waals surface area contributed by atoms with Gasteiger partial charge in [0.1, 0.15) is 11.9 Å². The highest BCUT2D eigenvalue weighted by Gasteiger charge is 2.33. The van der Waals surface area contributed by atoms with Crippen LogP contribution in [0.25, 0.3) is 11.0 Å². The fourth-order valence-corrected chi connectivity index (χ4v) is 3.04. The Labute approximate surface area is 128 Å². The summed E-state index contributed by atoms with van der Waals surface area (Å²) in [6.07, 6.45) is 2.08. The predicted octanol–water partition coefficient (Wildman–Crippen LogP) is 1.88. The maximum Gasteiger partial charge on any atom is 0.326 e. The molecule has 0 saturated carbocycles. The molecule has 0 aliphatic carbocycles. The maximum absolute atomic E-state index is 12.2. The molecule has 1 aromatic carbocycles. The molecule has 1 aliphatic rings. The Bertz CT molecular complexity index is 722. The normalized spacial score (nSPS) is 18.0. The topological polar surface area (TPSA) is 86.3 Å². The summed E-state index contributed by atoms with van der Waals surface area (Å²) in [4.78, 5) is 32.6. The number of aryl methyl sites for hydroxylation is 2. The van der Waals surface area contributed by atoms with Crippen molar-refractivity contribution in [3.8, 4) is 0 Å². The van der Waals surface area contributed by atoms with Gasteiger partial charge < -0.3 is 15.0 Å². The number of rotatable bonds is 4. The Morgan fingerprint density at radius 2 is 2.27 bits per heavy atom. The Hall–Kier alpha value is -2.37. The number of nitrogens with one attached hydrogen (secondary N) is 1. The van der Waals surface area contributed by atoms with Crippen LogP contribution in [-0.2, 0) is 16.0 Å². The van der Waals surface area contributed by atoms with E-state index in [2.05, 4.69) is 9.97 Å². The quantitative estimate of drug-likeness (QED) is 0.902. The van der Waals surface area contributed by atoms with Gasteiger partial charge in [0.25, 0.3) is 0 Å². The highest BCUT2D eigenvalue weighted by molar-refractivity contribution is 5.84. The van der Waals surface area contributed by atoms with Crippen LogP contribution in [0.15, 0.2) is 18.2 Å². The van der Waals surface area contributed by atoms with Gasteiger partial charge in [-0.25, -0.2) is 9.78 Å². The number of para-hydroxylation sites is 1. The maximum atomic E-state index is 12.2. The smallest absolute Gasteiger partial charge is 0.326 e. The molecular weight excluding hydrogens is 282 g/mol. The van der Waals surface area contributed by atoms with Crippen LogP contribution >= 0.6 is 0 Å². The summed E-state index contributed by atoms with van der Waals surface area (Å²) in [5.74, 6) is -0.254. The second kappa shape index (κ2) is 5.79.